The van der Waals surface area contributed by atoms with Gasteiger partial charge in [0.05, 0.1) is 6.54 Å². The van der Waals surface area contributed by atoms with Crippen LogP contribution in [0.3, 0.4) is 0 Å². The summed E-state index contributed by atoms with van der Waals surface area (Å²) in [6.45, 7) is 2.43. The van der Waals surface area contributed by atoms with Crippen LogP contribution in [0.4, 0.5) is 0 Å². The minimum atomic E-state index is -0.170. The molecule has 0 fully saturated rings. The van der Waals surface area contributed by atoms with Gasteiger partial charge in [-0.05, 0) is 25.1 Å². The topological polar surface area (TPSA) is 65.2 Å². The molecule has 5 heteroatoms. The predicted octanol–water partition coefficient (Wildman–Crippen LogP) is 1.38. The van der Waals surface area contributed by atoms with E-state index in [1.165, 1.54) is 4.90 Å². The largest absolute Gasteiger partial charge is 0.361 e. The molecule has 2 rings (SSSR count). The van der Waals surface area contributed by atoms with Crippen LogP contribution < -0.4 is 5.32 Å². The van der Waals surface area contributed by atoms with Gasteiger partial charge in [0.15, 0.2) is 0 Å². The minimum absolute atomic E-state index is 0.0760. The molecule has 1 heterocycles. The van der Waals surface area contributed by atoms with Crippen molar-refractivity contribution < 1.29 is 9.59 Å². The molecule has 0 aliphatic rings. The van der Waals surface area contributed by atoms with E-state index in [2.05, 4.69) is 10.3 Å². The van der Waals surface area contributed by atoms with E-state index in [1.54, 1.807) is 19.3 Å². The second kappa shape index (κ2) is 5.56. The Morgan fingerprint density at radius 2 is 2.11 bits per heavy atom. The fourth-order valence-electron chi connectivity index (χ4n) is 2.02. The van der Waals surface area contributed by atoms with Gasteiger partial charge in [0.2, 0.25) is 5.91 Å². The average molecular weight is 259 g/mol. The summed E-state index contributed by atoms with van der Waals surface area (Å²) in [5.41, 5.74) is 1.53. The zero-order valence-electron chi connectivity index (χ0n) is 11.1. The number of H-pyrrole nitrogens is 1. The monoisotopic (exact) mass is 259 g/mol. The van der Waals surface area contributed by atoms with Gasteiger partial charge in [0.25, 0.3) is 5.91 Å². The standard InChI is InChI=1S/C14H17N3O2/c1-3-17(9-13(18)15-2)14(19)11-5-4-6-12-10(11)7-8-16-12/h4-8,16H,3,9H2,1-2H3,(H,15,18). The van der Waals surface area contributed by atoms with Crippen LogP contribution in [0.1, 0.15) is 17.3 Å². The maximum Gasteiger partial charge on any atom is 0.254 e. The van der Waals surface area contributed by atoms with E-state index >= 15 is 0 Å². The summed E-state index contributed by atoms with van der Waals surface area (Å²) in [4.78, 5) is 28.5. The third-order valence-electron chi connectivity index (χ3n) is 3.11. The van der Waals surface area contributed by atoms with Crippen LogP contribution >= 0.6 is 0 Å². The van der Waals surface area contributed by atoms with Gasteiger partial charge in [0.1, 0.15) is 0 Å². The third kappa shape index (κ3) is 2.59. The van der Waals surface area contributed by atoms with Crippen LogP contribution in [0.25, 0.3) is 10.9 Å². The average Bonchev–Trinajstić information content (AvgIpc) is 2.91. The number of nitrogens with zero attached hydrogens (tertiary/aromatic N) is 1. The molecule has 100 valence electrons. The van der Waals surface area contributed by atoms with E-state index in [0.717, 1.165) is 10.9 Å². The normalized spacial score (nSPS) is 10.4. The second-order valence-electron chi connectivity index (χ2n) is 4.24. The second-order valence-corrected chi connectivity index (χ2v) is 4.24. The SMILES string of the molecule is CCN(CC(=O)NC)C(=O)c1cccc2[nH]ccc12. The van der Waals surface area contributed by atoms with E-state index in [0.29, 0.717) is 12.1 Å². The fraction of sp³-hybridized carbons (Fsp3) is 0.286. The first kappa shape index (κ1) is 13.1. The maximum absolute atomic E-state index is 12.5. The summed E-state index contributed by atoms with van der Waals surface area (Å²) >= 11 is 0. The number of carbonyl (C=O) groups is 2. The van der Waals surface area contributed by atoms with Crippen molar-refractivity contribution in [2.75, 3.05) is 20.1 Å². The number of hydrogen-bond acceptors (Lipinski definition) is 2. The number of hydrogen-bond donors (Lipinski definition) is 2. The van der Waals surface area contributed by atoms with E-state index in [1.807, 2.05) is 25.1 Å². The van der Waals surface area contributed by atoms with Crippen molar-refractivity contribution >= 4 is 22.7 Å². The summed E-state index contributed by atoms with van der Waals surface area (Å²) in [6, 6.07) is 7.41. The molecule has 0 bridgehead atoms. The van der Waals surface area contributed by atoms with Gasteiger partial charge in [-0.3, -0.25) is 9.59 Å². The molecule has 0 spiro atoms. The molecule has 2 N–H and O–H groups in total. The van der Waals surface area contributed by atoms with Crippen LogP contribution in [-0.4, -0.2) is 41.8 Å². The Balaban J connectivity index is 2.31. The van der Waals surface area contributed by atoms with E-state index in [4.69, 9.17) is 0 Å². The summed E-state index contributed by atoms with van der Waals surface area (Å²) < 4.78 is 0. The number of rotatable bonds is 4. The summed E-state index contributed by atoms with van der Waals surface area (Å²) in [7, 11) is 1.56. The van der Waals surface area contributed by atoms with Gasteiger partial charge in [0, 0.05) is 36.3 Å². The van der Waals surface area contributed by atoms with Crippen LogP contribution in [0.5, 0.6) is 0 Å². The third-order valence-corrected chi connectivity index (χ3v) is 3.11. The number of benzene rings is 1. The number of aromatic amines is 1. The first-order valence-corrected chi connectivity index (χ1v) is 6.23. The Kier molecular flexibility index (Phi) is 3.85. The van der Waals surface area contributed by atoms with Gasteiger partial charge in [-0.1, -0.05) is 6.07 Å². The van der Waals surface area contributed by atoms with Gasteiger partial charge < -0.3 is 15.2 Å². The molecule has 0 aliphatic carbocycles. The maximum atomic E-state index is 12.5. The Hall–Kier alpha value is -2.30. The highest BCUT2D eigenvalue weighted by Gasteiger charge is 2.18. The van der Waals surface area contributed by atoms with Crippen molar-refractivity contribution in [1.29, 1.82) is 0 Å². The molecule has 0 unspecified atom stereocenters. The lowest BCUT2D eigenvalue weighted by molar-refractivity contribution is -0.121. The number of carbonyl (C=O) groups excluding carboxylic acids is 2. The molecule has 0 saturated carbocycles. The Bertz CT molecular complexity index is 604. The van der Waals surface area contributed by atoms with Crippen molar-refractivity contribution in [1.82, 2.24) is 15.2 Å². The lowest BCUT2D eigenvalue weighted by Gasteiger charge is -2.20. The van der Waals surface area contributed by atoms with Crippen LogP contribution in [0.2, 0.25) is 0 Å². The Labute approximate surface area is 111 Å². The van der Waals surface area contributed by atoms with Crippen LogP contribution in [0.15, 0.2) is 30.5 Å². The number of aromatic nitrogens is 1. The molecule has 19 heavy (non-hydrogen) atoms. The number of amides is 2. The van der Waals surface area contributed by atoms with Crippen molar-refractivity contribution in [2.45, 2.75) is 6.92 Å². The van der Waals surface area contributed by atoms with Gasteiger partial charge >= 0.3 is 0 Å². The first-order chi connectivity index (χ1) is 9.17. The predicted molar refractivity (Wildman–Crippen MR) is 73.9 cm³/mol. The molecule has 0 aliphatic heterocycles. The first-order valence-electron chi connectivity index (χ1n) is 6.23. The van der Waals surface area contributed by atoms with E-state index in [9.17, 15) is 9.59 Å². The summed E-state index contributed by atoms with van der Waals surface area (Å²) in [6.07, 6.45) is 1.80. The smallest absolute Gasteiger partial charge is 0.254 e. The van der Waals surface area contributed by atoms with Gasteiger partial charge in [-0.15, -0.1) is 0 Å². The number of fused-ring (bicyclic) bond motifs is 1. The molecular formula is C14H17N3O2. The van der Waals surface area contributed by atoms with E-state index in [-0.39, 0.29) is 18.4 Å². The fourth-order valence-corrected chi connectivity index (χ4v) is 2.02. The Morgan fingerprint density at radius 1 is 1.32 bits per heavy atom. The van der Waals surface area contributed by atoms with E-state index < -0.39 is 0 Å². The van der Waals surface area contributed by atoms with Crippen LogP contribution in [0, 0.1) is 0 Å². The highest BCUT2D eigenvalue weighted by Crippen LogP contribution is 2.18. The molecular weight excluding hydrogens is 242 g/mol. The highest BCUT2D eigenvalue weighted by atomic mass is 16.2. The Morgan fingerprint density at radius 3 is 2.79 bits per heavy atom. The number of nitrogens with one attached hydrogen (secondary N) is 2. The van der Waals surface area contributed by atoms with Gasteiger partial charge in [-0.25, -0.2) is 0 Å². The zero-order valence-corrected chi connectivity index (χ0v) is 11.1. The molecule has 0 saturated heterocycles. The molecule has 2 amide bonds. The summed E-state index contributed by atoms with van der Waals surface area (Å²) in [5.74, 6) is -0.298. The zero-order chi connectivity index (χ0) is 13.8. The quantitative estimate of drug-likeness (QED) is 0.871. The number of likely N-dealkylation sites (N-methyl/N-ethyl adjacent to an activating group) is 2. The van der Waals surface area contributed by atoms with Gasteiger partial charge in [-0.2, -0.15) is 0 Å². The minimum Gasteiger partial charge on any atom is -0.361 e. The van der Waals surface area contributed by atoms with Crippen molar-refractivity contribution in [3.05, 3.63) is 36.0 Å². The van der Waals surface area contributed by atoms with Crippen molar-refractivity contribution in [3.63, 3.8) is 0 Å². The van der Waals surface area contributed by atoms with Crippen molar-refractivity contribution in [2.24, 2.45) is 0 Å². The lowest BCUT2D eigenvalue weighted by atomic mass is 10.1. The molecule has 2 aromatic rings. The lowest BCUT2D eigenvalue weighted by Crippen LogP contribution is -2.39. The molecule has 0 radical (unpaired) electrons. The highest BCUT2D eigenvalue weighted by molar-refractivity contribution is 6.07. The molecule has 1 aromatic heterocycles. The molecule has 5 nitrogen and oxygen atoms in total. The van der Waals surface area contributed by atoms with Crippen molar-refractivity contribution in [3.8, 4) is 0 Å². The molecule has 0 atom stereocenters. The van der Waals surface area contributed by atoms with Crippen LogP contribution in [-0.2, 0) is 4.79 Å². The molecule has 1 aromatic carbocycles. The summed E-state index contributed by atoms with van der Waals surface area (Å²) in [5, 5.41) is 3.41.